The summed E-state index contributed by atoms with van der Waals surface area (Å²) in [5.74, 6) is -4.89. The number of nitrogens with one attached hydrogen (secondary N) is 2. The van der Waals surface area contributed by atoms with Crippen LogP contribution in [0.2, 0.25) is 0 Å². The molecule has 11 heteroatoms. The fourth-order valence-corrected chi connectivity index (χ4v) is 3.85. The zero-order valence-corrected chi connectivity index (χ0v) is 15.6. The molecule has 0 aliphatic carbocycles. The molecular formula is C16H13F3N4O2S2. The number of aromatic amines is 1. The fraction of sp³-hybridized carbons (Fsp3) is 0.250. The predicted octanol–water partition coefficient (Wildman–Crippen LogP) is 3.48. The van der Waals surface area contributed by atoms with Crippen molar-refractivity contribution in [3.8, 4) is 0 Å². The van der Waals surface area contributed by atoms with Crippen molar-refractivity contribution < 1.29 is 18.0 Å². The van der Waals surface area contributed by atoms with E-state index in [0.717, 1.165) is 35.6 Å². The molecule has 27 heavy (non-hydrogen) atoms. The molecule has 0 bridgehead atoms. The summed E-state index contributed by atoms with van der Waals surface area (Å²) in [4.78, 5) is 34.2. The number of anilines is 1. The van der Waals surface area contributed by atoms with E-state index in [4.69, 9.17) is 0 Å². The third kappa shape index (κ3) is 4.48. The van der Waals surface area contributed by atoms with Crippen LogP contribution in [-0.2, 0) is 11.2 Å². The summed E-state index contributed by atoms with van der Waals surface area (Å²) in [6.45, 7) is 1.96. The highest BCUT2D eigenvalue weighted by atomic mass is 32.2. The molecule has 0 fully saturated rings. The lowest BCUT2D eigenvalue weighted by Gasteiger charge is -2.03. The number of carbonyl (C=O) groups is 1. The molecule has 0 atom stereocenters. The number of thiazole rings is 1. The number of fused-ring (bicyclic) bond motifs is 1. The molecular weight excluding hydrogens is 401 g/mol. The number of benzene rings is 1. The number of thioether (sulfide) groups is 1. The summed E-state index contributed by atoms with van der Waals surface area (Å²) in [6.07, 6.45) is 1.48. The second-order valence-corrected chi connectivity index (χ2v) is 7.48. The second-order valence-electron chi connectivity index (χ2n) is 5.48. The van der Waals surface area contributed by atoms with E-state index in [1.165, 1.54) is 6.07 Å². The van der Waals surface area contributed by atoms with Gasteiger partial charge in [0.1, 0.15) is 5.52 Å². The maximum Gasteiger partial charge on any atom is 0.251 e. The van der Waals surface area contributed by atoms with Crippen LogP contribution in [0, 0.1) is 17.5 Å². The van der Waals surface area contributed by atoms with Crippen molar-refractivity contribution in [2.75, 3.05) is 11.1 Å². The predicted molar refractivity (Wildman–Crippen MR) is 97.7 cm³/mol. The van der Waals surface area contributed by atoms with E-state index >= 15 is 0 Å². The van der Waals surface area contributed by atoms with E-state index < -0.39 is 23.4 Å². The largest absolute Gasteiger partial charge is 0.301 e. The molecule has 1 amide bonds. The lowest BCUT2D eigenvalue weighted by Crippen LogP contribution is -2.15. The summed E-state index contributed by atoms with van der Waals surface area (Å²) in [6, 6.07) is 2.23. The number of aromatic nitrogens is 3. The minimum Gasteiger partial charge on any atom is -0.301 e. The quantitative estimate of drug-likeness (QED) is 0.366. The van der Waals surface area contributed by atoms with Crippen LogP contribution in [0.4, 0.5) is 18.3 Å². The molecule has 0 radical (unpaired) electrons. The standard InChI is InChI=1S/C16H13F3N4O2S2/c1-2-3-7-4-10(24)21-15(20-7)26-6-11(25)22-16-23-14-9(27-16)5-8(17)12(18)13(14)19/h4-5H,2-3,6H2,1H3,(H,20,21,24)(H,22,23,25). The van der Waals surface area contributed by atoms with Gasteiger partial charge >= 0.3 is 0 Å². The number of hydrogen-bond acceptors (Lipinski definition) is 6. The van der Waals surface area contributed by atoms with Crippen molar-refractivity contribution in [2.45, 2.75) is 24.9 Å². The van der Waals surface area contributed by atoms with Crippen LogP contribution in [0.3, 0.4) is 0 Å². The van der Waals surface area contributed by atoms with Gasteiger partial charge in [-0.05, 0) is 12.5 Å². The van der Waals surface area contributed by atoms with Gasteiger partial charge in [-0.15, -0.1) is 0 Å². The Morgan fingerprint density at radius 3 is 2.78 bits per heavy atom. The highest BCUT2D eigenvalue weighted by molar-refractivity contribution is 7.99. The van der Waals surface area contributed by atoms with E-state index in [9.17, 15) is 22.8 Å². The van der Waals surface area contributed by atoms with Crippen molar-refractivity contribution in [1.82, 2.24) is 15.0 Å². The molecule has 0 unspecified atom stereocenters. The van der Waals surface area contributed by atoms with Crippen LogP contribution >= 0.6 is 23.1 Å². The Hall–Kier alpha value is -2.40. The topological polar surface area (TPSA) is 87.7 Å². The zero-order valence-electron chi connectivity index (χ0n) is 13.9. The molecule has 2 heterocycles. The van der Waals surface area contributed by atoms with Gasteiger partial charge in [0.25, 0.3) is 5.56 Å². The van der Waals surface area contributed by atoms with Crippen LogP contribution in [0.15, 0.2) is 22.1 Å². The molecule has 2 N–H and O–H groups in total. The molecule has 3 aromatic rings. The van der Waals surface area contributed by atoms with Crippen LogP contribution < -0.4 is 10.9 Å². The molecule has 142 valence electrons. The molecule has 0 aliphatic rings. The summed E-state index contributed by atoms with van der Waals surface area (Å²) in [5.41, 5.74) is -0.0166. The summed E-state index contributed by atoms with van der Waals surface area (Å²) < 4.78 is 40.3. The molecule has 0 aliphatic heterocycles. The van der Waals surface area contributed by atoms with Gasteiger partial charge in [0.15, 0.2) is 27.7 Å². The Labute approximate surface area is 159 Å². The lowest BCUT2D eigenvalue weighted by atomic mass is 10.2. The monoisotopic (exact) mass is 414 g/mol. The minimum atomic E-state index is -1.61. The van der Waals surface area contributed by atoms with Crippen molar-refractivity contribution in [2.24, 2.45) is 0 Å². The number of H-pyrrole nitrogens is 1. The first-order valence-corrected chi connectivity index (χ1v) is 9.64. The van der Waals surface area contributed by atoms with Gasteiger partial charge in [0.05, 0.1) is 10.5 Å². The highest BCUT2D eigenvalue weighted by Gasteiger charge is 2.18. The van der Waals surface area contributed by atoms with Crippen molar-refractivity contribution in [3.63, 3.8) is 0 Å². The molecule has 0 spiro atoms. The Kier molecular flexibility index (Phi) is 5.80. The molecule has 6 nitrogen and oxygen atoms in total. The van der Waals surface area contributed by atoms with Crippen LogP contribution in [0.5, 0.6) is 0 Å². The summed E-state index contributed by atoms with van der Waals surface area (Å²) in [5, 5.41) is 2.76. The first-order valence-electron chi connectivity index (χ1n) is 7.84. The maximum absolute atomic E-state index is 13.7. The minimum absolute atomic E-state index is 0.0145. The normalized spacial score (nSPS) is 11.1. The second kappa shape index (κ2) is 8.09. The Morgan fingerprint density at radius 2 is 2.04 bits per heavy atom. The average molecular weight is 414 g/mol. The number of nitrogens with zero attached hydrogens (tertiary/aromatic N) is 2. The van der Waals surface area contributed by atoms with Gasteiger partial charge in [-0.25, -0.2) is 23.1 Å². The maximum atomic E-state index is 13.7. The van der Waals surface area contributed by atoms with E-state index in [-0.39, 0.29) is 26.7 Å². The number of hydrogen-bond donors (Lipinski definition) is 2. The van der Waals surface area contributed by atoms with Crippen molar-refractivity contribution in [3.05, 3.63) is 45.6 Å². The summed E-state index contributed by atoms with van der Waals surface area (Å²) >= 11 is 1.84. The van der Waals surface area contributed by atoms with Crippen molar-refractivity contribution >= 4 is 44.4 Å². The molecule has 0 saturated heterocycles. The van der Waals surface area contributed by atoms with Crippen LogP contribution in [0.25, 0.3) is 10.2 Å². The number of rotatable bonds is 6. The van der Waals surface area contributed by atoms with E-state index in [0.29, 0.717) is 17.3 Å². The van der Waals surface area contributed by atoms with Gasteiger partial charge in [-0.3, -0.25) is 9.59 Å². The Morgan fingerprint density at radius 1 is 1.26 bits per heavy atom. The van der Waals surface area contributed by atoms with E-state index in [1.54, 1.807) is 0 Å². The molecule has 0 saturated carbocycles. The van der Waals surface area contributed by atoms with Gasteiger partial charge in [0, 0.05) is 11.8 Å². The van der Waals surface area contributed by atoms with Crippen LogP contribution in [0.1, 0.15) is 19.0 Å². The third-order valence-corrected chi connectivity index (χ3v) is 5.18. The third-order valence-electron chi connectivity index (χ3n) is 3.39. The average Bonchev–Trinajstić information content (AvgIpc) is 3.00. The number of aryl methyl sites for hydroxylation is 1. The number of carbonyl (C=O) groups excluding carboxylic acids is 1. The smallest absolute Gasteiger partial charge is 0.251 e. The highest BCUT2D eigenvalue weighted by Crippen LogP contribution is 2.30. The molecule has 2 aromatic heterocycles. The first-order chi connectivity index (χ1) is 12.9. The van der Waals surface area contributed by atoms with Gasteiger partial charge in [-0.2, -0.15) is 0 Å². The number of amides is 1. The Bertz CT molecular complexity index is 1070. The van der Waals surface area contributed by atoms with Gasteiger partial charge < -0.3 is 10.3 Å². The molecule has 1 aromatic carbocycles. The van der Waals surface area contributed by atoms with Gasteiger partial charge in [0.2, 0.25) is 5.91 Å². The van der Waals surface area contributed by atoms with Crippen LogP contribution in [-0.4, -0.2) is 26.6 Å². The number of halogens is 3. The Balaban J connectivity index is 1.69. The lowest BCUT2D eigenvalue weighted by molar-refractivity contribution is -0.113. The molecule has 3 rings (SSSR count). The van der Waals surface area contributed by atoms with E-state index in [2.05, 4.69) is 20.3 Å². The van der Waals surface area contributed by atoms with E-state index in [1.807, 2.05) is 6.92 Å². The zero-order chi connectivity index (χ0) is 19.6. The fourth-order valence-electron chi connectivity index (χ4n) is 2.25. The van der Waals surface area contributed by atoms with Gasteiger partial charge in [-0.1, -0.05) is 36.4 Å². The van der Waals surface area contributed by atoms with Crippen molar-refractivity contribution in [1.29, 1.82) is 0 Å². The SMILES string of the molecule is CCCc1cc(=O)[nH]c(SCC(=O)Nc2nc3c(F)c(F)c(F)cc3s2)n1. The first kappa shape index (κ1) is 19.4. The summed E-state index contributed by atoms with van der Waals surface area (Å²) in [7, 11) is 0.